The molecule has 0 fully saturated rings. The van der Waals surface area contributed by atoms with Crippen molar-refractivity contribution in [1.29, 1.82) is 0 Å². The van der Waals surface area contributed by atoms with Crippen LogP contribution >= 0.6 is 0 Å². The van der Waals surface area contributed by atoms with Gasteiger partial charge in [0.25, 0.3) is 0 Å². The number of imidazole rings is 2. The third kappa shape index (κ3) is 2.52. The molecule has 38 heavy (non-hydrogen) atoms. The van der Waals surface area contributed by atoms with Crippen LogP contribution in [-0.4, -0.2) is 23.8 Å². The second-order valence-electron chi connectivity index (χ2n) is 9.75. The van der Waals surface area contributed by atoms with Crippen LogP contribution in [-0.2, 0) is 0 Å². The van der Waals surface area contributed by atoms with E-state index in [4.69, 9.17) is 15.0 Å². The molecule has 0 spiro atoms. The maximum atomic E-state index is 5.18. The summed E-state index contributed by atoms with van der Waals surface area (Å²) >= 11 is 0. The van der Waals surface area contributed by atoms with Gasteiger partial charge in [-0.05, 0) is 53.9 Å². The molecule has 0 aliphatic heterocycles. The fraction of sp³-hybridized carbons (Fsp3) is 0. The molecule has 5 aromatic carbocycles. The number of fused-ring (bicyclic) bond motifs is 13. The van der Waals surface area contributed by atoms with Gasteiger partial charge in [-0.2, -0.15) is 0 Å². The van der Waals surface area contributed by atoms with Crippen LogP contribution in [0, 0.1) is 0 Å². The first kappa shape index (κ1) is 19.8. The highest BCUT2D eigenvalue weighted by Crippen LogP contribution is 2.36. The molecule has 0 N–H and O–H groups in total. The Kier molecular flexibility index (Phi) is 3.73. The summed E-state index contributed by atoms with van der Waals surface area (Å²) in [5.41, 5.74) is 9.09. The lowest BCUT2D eigenvalue weighted by Crippen LogP contribution is -1.98. The summed E-state index contributed by atoms with van der Waals surface area (Å²) in [5, 5.41) is 4.53. The zero-order valence-corrected chi connectivity index (χ0v) is 20.2. The highest BCUT2D eigenvalue weighted by atomic mass is 15.1. The summed E-state index contributed by atoms with van der Waals surface area (Å²) in [6, 6.07) is 40.1. The van der Waals surface area contributed by atoms with Gasteiger partial charge in [0.1, 0.15) is 17.1 Å². The second kappa shape index (κ2) is 7.14. The summed E-state index contributed by atoms with van der Waals surface area (Å²) < 4.78 is 4.48. The predicted molar refractivity (Wildman–Crippen MR) is 155 cm³/mol. The Morgan fingerprint density at radius 2 is 0.974 bits per heavy atom. The smallest absolute Gasteiger partial charge is 0.149 e. The quantitative estimate of drug-likeness (QED) is 0.223. The van der Waals surface area contributed by atoms with Crippen LogP contribution in [0.4, 0.5) is 0 Å². The molecule has 4 heterocycles. The summed E-state index contributed by atoms with van der Waals surface area (Å²) in [7, 11) is 0. The van der Waals surface area contributed by atoms with Crippen molar-refractivity contribution in [3.05, 3.63) is 115 Å². The molecule has 9 rings (SSSR count). The minimum absolute atomic E-state index is 0.872. The van der Waals surface area contributed by atoms with Crippen LogP contribution < -0.4 is 0 Å². The van der Waals surface area contributed by atoms with Crippen molar-refractivity contribution in [3.63, 3.8) is 0 Å². The largest absolute Gasteiger partial charge is 0.292 e. The third-order valence-electron chi connectivity index (χ3n) is 7.66. The average molecular weight is 486 g/mol. The lowest BCUT2D eigenvalue weighted by atomic mass is 10.0. The number of benzene rings is 5. The predicted octanol–water partition coefficient (Wildman–Crippen LogP) is 7.81. The van der Waals surface area contributed by atoms with E-state index in [0.29, 0.717) is 0 Å². The maximum absolute atomic E-state index is 5.18. The molecule has 5 heteroatoms. The Balaban J connectivity index is 1.47. The van der Waals surface area contributed by atoms with Gasteiger partial charge in [0.2, 0.25) is 0 Å². The molecular formula is C33H19N5. The Morgan fingerprint density at radius 3 is 1.74 bits per heavy atom. The van der Waals surface area contributed by atoms with E-state index in [1.165, 1.54) is 10.8 Å². The molecule has 0 atom stereocenters. The van der Waals surface area contributed by atoms with Gasteiger partial charge in [-0.25, -0.2) is 15.0 Å². The molecule has 9 aromatic rings. The van der Waals surface area contributed by atoms with Gasteiger partial charge in [0, 0.05) is 21.7 Å². The molecular weight excluding hydrogens is 466 g/mol. The Bertz CT molecular complexity index is 2410. The number of hydrogen-bond acceptors (Lipinski definition) is 3. The Morgan fingerprint density at radius 1 is 0.395 bits per heavy atom. The standard InChI is InChI=1S/C33H19N5/c1-3-11-25-23(10-1)32-35-27-13-5-8-16-30(27)38(32)31(34-25)20-17-18-21-22-9-2-6-14-28(22)37-29-15-7-4-12-26(29)36-33(37)24(21)19-20/h1-19H. The average Bonchev–Trinajstić information content (AvgIpc) is 3.56. The number of aromatic nitrogens is 5. The molecule has 5 nitrogen and oxygen atoms in total. The number of rotatable bonds is 1. The van der Waals surface area contributed by atoms with Gasteiger partial charge >= 0.3 is 0 Å². The van der Waals surface area contributed by atoms with E-state index in [1.807, 2.05) is 24.3 Å². The Hall–Kier alpha value is -5.29. The molecule has 0 aliphatic carbocycles. The van der Waals surface area contributed by atoms with E-state index in [0.717, 1.165) is 66.6 Å². The Labute approximate surface area is 216 Å². The first-order chi connectivity index (χ1) is 18.8. The molecule has 0 aliphatic rings. The van der Waals surface area contributed by atoms with E-state index in [-0.39, 0.29) is 0 Å². The molecule has 0 radical (unpaired) electrons. The first-order valence-corrected chi connectivity index (χ1v) is 12.7. The maximum Gasteiger partial charge on any atom is 0.149 e. The monoisotopic (exact) mass is 485 g/mol. The highest BCUT2D eigenvalue weighted by Gasteiger charge is 2.18. The van der Waals surface area contributed by atoms with Crippen molar-refractivity contribution in [2.45, 2.75) is 0 Å². The summed E-state index contributed by atoms with van der Waals surface area (Å²) in [6.45, 7) is 0. The normalized spacial score (nSPS) is 12.2. The first-order valence-electron chi connectivity index (χ1n) is 12.7. The number of para-hydroxylation sites is 6. The number of pyridine rings is 1. The van der Waals surface area contributed by atoms with E-state index >= 15 is 0 Å². The molecule has 0 unspecified atom stereocenters. The van der Waals surface area contributed by atoms with Gasteiger partial charge in [-0.1, -0.05) is 66.7 Å². The topological polar surface area (TPSA) is 47.5 Å². The molecule has 4 aromatic heterocycles. The summed E-state index contributed by atoms with van der Waals surface area (Å²) in [6.07, 6.45) is 0. The molecule has 0 bridgehead atoms. The molecule has 0 saturated heterocycles. The zero-order valence-electron chi connectivity index (χ0n) is 20.2. The number of nitrogens with zero attached hydrogens (tertiary/aromatic N) is 5. The fourth-order valence-corrected chi connectivity index (χ4v) is 5.99. The van der Waals surface area contributed by atoms with Crippen molar-refractivity contribution in [1.82, 2.24) is 23.8 Å². The van der Waals surface area contributed by atoms with Crippen LogP contribution in [0.5, 0.6) is 0 Å². The lowest BCUT2D eigenvalue weighted by molar-refractivity contribution is 1.16. The van der Waals surface area contributed by atoms with Crippen molar-refractivity contribution >= 4 is 65.9 Å². The van der Waals surface area contributed by atoms with Gasteiger partial charge < -0.3 is 0 Å². The van der Waals surface area contributed by atoms with Crippen molar-refractivity contribution in [2.75, 3.05) is 0 Å². The molecule has 176 valence electrons. The molecule has 0 saturated carbocycles. The van der Waals surface area contributed by atoms with Crippen LogP contribution in [0.2, 0.25) is 0 Å². The van der Waals surface area contributed by atoms with Crippen LogP contribution in [0.25, 0.3) is 77.3 Å². The van der Waals surface area contributed by atoms with Gasteiger partial charge in [0.05, 0.1) is 33.1 Å². The SMILES string of the molecule is c1ccc2c(c1)nc(-c1ccc3c4ccccc4n4c5ccccc5nc4c3c1)n1c3ccccc3nc21. The van der Waals surface area contributed by atoms with Gasteiger partial charge in [0.15, 0.2) is 0 Å². The minimum Gasteiger partial charge on any atom is -0.292 e. The zero-order chi connectivity index (χ0) is 24.8. The van der Waals surface area contributed by atoms with E-state index in [9.17, 15) is 0 Å². The van der Waals surface area contributed by atoms with Crippen LogP contribution in [0.15, 0.2) is 115 Å². The van der Waals surface area contributed by atoms with Crippen LogP contribution in [0.1, 0.15) is 0 Å². The third-order valence-corrected chi connectivity index (χ3v) is 7.66. The van der Waals surface area contributed by atoms with Crippen molar-refractivity contribution in [3.8, 4) is 11.4 Å². The van der Waals surface area contributed by atoms with E-state index < -0.39 is 0 Å². The lowest BCUT2D eigenvalue weighted by Gasteiger charge is -2.12. The van der Waals surface area contributed by atoms with Crippen LogP contribution in [0.3, 0.4) is 0 Å². The second-order valence-corrected chi connectivity index (χ2v) is 9.75. The highest BCUT2D eigenvalue weighted by molar-refractivity contribution is 6.14. The van der Waals surface area contributed by atoms with E-state index in [1.54, 1.807) is 0 Å². The van der Waals surface area contributed by atoms with Gasteiger partial charge in [-0.3, -0.25) is 8.80 Å². The summed E-state index contributed by atoms with van der Waals surface area (Å²) in [5.74, 6) is 0.872. The fourth-order valence-electron chi connectivity index (χ4n) is 5.99. The number of hydrogen-bond donors (Lipinski definition) is 0. The molecule has 0 amide bonds. The minimum atomic E-state index is 0.872. The van der Waals surface area contributed by atoms with E-state index in [2.05, 4.69) is 99.8 Å². The van der Waals surface area contributed by atoms with Crippen molar-refractivity contribution < 1.29 is 0 Å². The summed E-state index contributed by atoms with van der Waals surface area (Å²) in [4.78, 5) is 15.3. The van der Waals surface area contributed by atoms with Crippen molar-refractivity contribution in [2.24, 2.45) is 0 Å². The van der Waals surface area contributed by atoms with Gasteiger partial charge in [-0.15, -0.1) is 0 Å².